The molecule has 104 valence electrons. The van der Waals surface area contributed by atoms with Crippen molar-refractivity contribution >= 4 is 21.8 Å². The Hall–Kier alpha value is -0.910. The molecular formula is C14H19BrN2O2. The zero-order chi connectivity index (χ0) is 13.7. The Balaban J connectivity index is 1.73. The highest BCUT2D eigenvalue weighted by molar-refractivity contribution is 9.10. The minimum absolute atomic E-state index is 0.0409. The van der Waals surface area contributed by atoms with Crippen molar-refractivity contribution in [2.24, 2.45) is 0 Å². The molecular weight excluding hydrogens is 308 g/mol. The topological polar surface area (TPSA) is 41.6 Å². The first-order valence-corrected chi connectivity index (χ1v) is 7.24. The molecule has 2 rings (SSSR count). The van der Waals surface area contributed by atoms with Gasteiger partial charge >= 0.3 is 0 Å². The number of nitrogens with one attached hydrogen (secondary N) is 1. The van der Waals surface area contributed by atoms with E-state index in [9.17, 15) is 4.79 Å². The Morgan fingerprint density at radius 3 is 2.89 bits per heavy atom. The predicted octanol–water partition coefficient (Wildman–Crippen LogP) is 1.44. The number of amides is 1. The number of benzene rings is 1. The number of halogens is 1. The van der Waals surface area contributed by atoms with E-state index in [2.05, 4.69) is 33.2 Å². The van der Waals surface area contributed by atoms with E-state index < -0.39 is 0 Å². The van der Waals surface area contributed by atoms with Gasteiger partial charge in [-0.1, -0.05) is 28.1 Å². The predicted molar refractivity (Wildman–Crippen MR) is 78.1 cm³/mol. The van der Waals surface area contributed by atoms with Crippen LogP contribution in [0, 0.1) is 0 Å². The van der Waals surface area contributed by atoms with Crippen LogP contribution < -0.4 is 5.32 Å². The molecule has 0 aliphatic carbocycles. The maximum atomic E-state index is 11.8. The van der Waals surface area contributed by atoms with Gasteiger partial charge in [0.15, 0.2) is 0 Å². The van der Waals surface area contributed by atoms with Crippen LogP contribution in [0.4, 0.5) is 0 Å². The molecule has 1 fully saturated rings. The second-order valence-electron chi connectivity index (χ2n) is 4.86. The summed E-state index contributed by atoms with van der Waals surface area (Å²) in [7, 11) is 2.07. The largest absolute Gasteiger partial charge is 0.374 e. The number of likely N-dealkylation sites (N-methyl/N-ethyl adjacent to an activating group) is 1. The van der Waals surface area contributed by atoms with E-state index in [0.717, 1.165) is 29.7 Å². The summed E-state index contributed by atoms with van der Waals surface area (Å²) in [6.45, 7) is 3.16. The van der Waals surface area contributed by atoms with Crippen molar-refractivity contribution in [3.05, 3.63) is 34.3 Å². The highest BCUT2D eigenvalue weighted by Crippen LogP contribution is 2.10. The molecule has 1 amide bonds. The third kappa shape index (κ3) is 4.93. The molecule has 0 spiro atoms. The molecule has 1 atom stereocenters. The average Bonchev–Trinajstić information content (AvgIpc) is 2.39. The molecule has 1 unspecified atom stereocenters. The van der Waals surface area contributed by atoms with Gasteiger partial charge in [0, 0.05) is 24.1 Å². The number of hydrogen-bond acceptors (Lipinski definition) is 3. The van der Waals surface area contributed by atoms with Crippen LogP contribution >= 0.6 is 15.9 Å². The first kappa shape index (κ1) is 14.5. The number of ether oxygens (including phenoxy) is 1. The Kier molecular flexibility index (Phi) is 5.36. The number of morpholine rings is 1. The minimum Gasteiger partial charge on any atom is -0.374 e. The fraction of sp³-hybridized carbons (Fsp3) is 0.500. The van der Waals surface area contributed by atoms with E-state index in [0.29, 0.717) is 13.0 Å². The van der Waals surface area contributed by atoms with Gasteiger partial charge in [0.1, 0.15) is 0 Å². The zero-order valence-corrected chi connectivity index (χ0v) is 12.6. The summed E-state index contributed by atoms with van der Waals surface area (Å²) in [6, 6.07) is 7.80. The third-order valence-electron chi connectivity index (χ3n) is 3.15. The molecule has 1 aliphatic heterocycles. The summed E-state index contributed by atoms with van der Waals surface area (Å²) in [6.07, 6.45) is 0.517. The van der Waals surface area contributed by atoms with Crippen molar-refractivity contribution in [2.75, 3.05) is 33.3 Å². The molecule has 1 aromatic rings. The molecule has 0 saturated carbocycles. The Labute approximate surface area is 122 Å². The summed E-state index contributed by atoms with van der Waals surface area (Å²) in [5, 5.41) is 2.93. The molecule has 1 aromatic carbocycles. The van der Waals surface area contributed by atoms with Crippen molar-refractivity contribution in [3.8, 4) is 0 Å². The van der Waals surface area contributed by atoms with E-state index in [1.165, 1.54) is 0 Å². The molecule has 0 bridgehead atoms. The summed E-state index contributed by atoms with van der Waals surface area (Å²) < 4.78 is 6.63. The Morgan fingerprint density at radius 2 is 2.21 bits per heavy atom. The third-order valence-corrected chi connectivity index (χ3v) is 3.68. The smallest absolute Gasteiger partial charge is 0.224 e. The monoisotopic (exact) mass is 326 g/mol. The van der Waals surface area contributed by atoms with Gasteiger partial charge in [0.05, 0.1) is 19.1 Å². The van der Waals surface area contributed by atoms with E-state index in [4.69, 9.17) is 4.74 Å². The lowest BCUT2D eigenvalue weighted by Crippen LogP contribution is -2.46. The van der Waals surface area contributed by atoms with Crippen molar-refractivity contribution in [2.45, 2.75) is 12.5 Å². The Morgan fingerprint density at radius 1 is 1.47 bits per heavy atom. The van der Waals surface area contributed by atoms with Crippen LogP contribution in [0.5, 0.6) is 0 Å². The minimum atomic E-state index is 0.0409. The van der Waals surface area contributed by atoms with E-state index in [-0.39, 0.29) is 12.0 Å². The molecule has 0 aromatic heterocycles. The number of carbonyl (C=O) groups excluding carboxylic acids is 1. The average molecular weight is 327 g/mol. The molecule has 5 heteroatoms. The molecule has 0 radical (unpaired) electrons. The Bertz CT molecular complexity index is 422. The quantitative estimate of drug-likeness (QED) is 0.910. The highest BCUT2D eigenvalue weighted by atomic mass is 79.9. The van der Waals surface area contributed by atoms with Crippen molar-refractivity contribution < 1.29 is 9.53 Å². The van der Waals surface area contributed by atoms with Gasteiger partial charge < -0.3 is 15.0 Å². The second-order valence-corrected chi connectivity index (χ2v) is 5.78. The SMILES string of the molecule is CN1CCOC(CNC(=O)Cc2ccc(Br)cc2)C1. The van der Waals surface area contributed by atoms with Crippen molar-refractivity contribution in [1.82, 2.24) is 10.2 Å². The lowest BCUT2D eigenvalue weighted by atomic mass is 10.1. The summed E-state index contributed by atoms with van der Waals surface area (Å²) in [4.78, 5) is 14.0. The van der Waals surface area contributed by atoms with Gasteiger partial charge in [0.2, 0.25) is 5.91 Å². The van der Waals surface area contributed by atoms with Gasteiger partial charge in [-0.15, -0.1) is 0 Å². The molecule has 19 heavy (non-hydrogen) atoms. The number of hydrogen-bond donors (Lipinski definition) is 1. The summed E-state index contributed by atoms with van der Waals surface area (Å²) in [5.74, 6) is 0.0409. The molecule has 4 nitrogen and oxygen atoms in total. The second kappa shape index (κ2) is 7.03. The molecule has 1 N–H and O–H groups in total. The van der Waals surface area contributed by atoms with Gasteiger partial charge in [-0.3, -0.25) is 4.79 Å². The standard InChI is InChI=1S/C14H19BrN2O2/c1-17-6-7-19-13(10-17)9-16-14(18)8-11-2-4-12(15)5-3-11/h2-5,13H,6-10H2,1H3,(H,16,18). The van der Waals surface area contributed by atoms with Crippen molar-refractivity contribution in [3.63, 3.8) is 0 Å². The summed E-state index contributed by atoms with van der Waals surface area (Å²) >= 11 is 3.38. The number of rotatable bonds is 4. The first-order valence-electron chi connectivity index (χ1n) is 6.45. The molecule has 1 heterocycles. The van der Waals surface area contributed by atoms with E-state index >= 15 is 0 Å². The van der Waals surface area contributed by atoms with Crippen LogP contribution in [-0.4, -0.2) is 50.2 Å². The fourth-order valence-corrected chi connectivity index (χ4v) is 2.33. The van der Waals surface area contributed by atoms with Crippen LogP contribution in [0.15, 0.2) is 28.7 Å². The van der Waals surface area contributed by atoms with Gasteiger partial charge in [-0.05, 0) is 24.7 Å². The normalized spacial score (nSPS) is 20.2. The van der Waals surface area contributed by atoms with E-state index in [1.54, 1.807) is 0 Å². The molecule has 1 saturated heterocycles. The number of carbonyl (C=O) groups is 1. The van der Waals surface area contributed by atoms with Crippen LogP contribution in [0.1, 0.15) is 5.56 Å². The van der Waals surface area contributed by atoms with Crippen LogP contribution in [0.2, 0.25) is 0 Å². The number of nitrogens with zero attached hydrogens (tertiary/aromatic N) is 1. The first-order chi connectivity index (χ1) is 9.13. The lowest BCUT2D eigenvalue weighted by Gasteiger charge is -2.30. The van der Waals surface area contributed by atoms with E-state index in [1.807, 2.05) is 24.3 Å². The van der Waals surface area contributed by atoms with Gasteiger partial charge in [0.25, 0.3) is 0 Å². The summed E-state index contributed by atoms with van der Waals surface area (Å²) in [5.41, 5.74) is 1.02. The highest BCUT2D eigenvalue weighted by Gasteiger charge is 2.18. The lowest BCUT2D eigenvalue weighted by molar-refractivity contribution is -0.121. The maximum absolute atomic E-state index is 11.8. The van der Waals surface area contributed by atoms with Gasteiger partial charge in [-0.2, -0.15) is 0 Å². The fourth-order valence-electron chi connectivity index (χ4n) is 2.07. The zero-order valence-electron chi connectivity index (χ0n) is 11.1. The van der Waals surface area contributed by atoms with Gasteiger partial charge in [-0.25, -0.2) is 0 Å². The molecule has 1 aliphatic rings. The van der Waals surface area contributed by atoms with Crippen molar-refractivity contribution in [1.29, 1.82) is 0 Å². The van der Waals surface area contributed by atoms with Crippen LogP contribution in [-0.2, 0) is 16.0 Å². The van der Waals surface area contributed by atoms with Crippen LogP contribution in [0.25, 0.3) is 0 Å². The maximum Gasteiger partial charge on any atom is 0.224 e. The van der Waals surface area contributed by atoms with Crippen LogP contribution in [0.3, 0.4) is 0 Å².